The van der Waals surface area contributed by atoms with E-state index in [-0.39, 0.29) is 0 Å². The van der Waals surface area contributed by atoms with Gasteiger partial charge in [0.05, 0.1) is 19.4 Å². The first-order valence-corrected chi connectivity index (χ1v) is 8.08. The molecule has 2 aromatic carbocycles. The van der Waals surface area contributed by atoms with Gasteiger partial charge in [0.2, 0.25) is 0 Å². The van der Waals surface area contributed by atoms with Gasteiger partial charge >= 0.3 is 0 Å². The Morgan fingerprint density at radius 1 is 1.12 bits per heavy atom. The second kappa shape index (κ2) is 8.30. The molecule has 2 aromatic rings. The third-order valence-corrected chi connectivity index (χ3v) is 4.42. The number of halogens is 3. The van der Waals surface area contributed by atoms with Gasteiger partial charge < -0.3 is 20.5 Å². The zero-order chi connectivity index (χ0) is 17.7. The number of hydrogen-bond donors (Lipinski definition) is 2. The number of ether oxygens (including phenoxy) is 2. The van der Waals surface area contributed by atoms with Gasteiger partial charge in [-0.1, -0.05) is 0 Å². The fraction of sp³-hybridized carbons (Fsp3) is 0.294. The van der Waals surface area contributed by atoms with Gasteiger partial charge in [0.15, 0.2) is 0 Å². The molecule has 0 radical (unpaired) electrons. The number of anilines is 2. The fourth-order valence-corrected chi connectivity index (χ4v) is 2.85. The van der Waals surface area contributed by atoms with Gasteiger partial charge in [-0.25, -0.2) is 8.78 Å². The Balaban J connectivity index is 2.35. The highest BCUT2D eigenvalue weighted by Crippen LogP contribution is 2.40. The molecule has 0 saturated carbocycles. The highest BCUT2D eigenvalue weighted by molar-refractivity contribution is 9.10. The highest BCUT2D eigenvalue weighted by Gasteiger charge is 2.16. The summed E-state index contributed by atoms with van der Waals surface area (Å²) in [7, 11) is 3.15. The lowest BCUT2D eigenvalue weighted by Crippen LogP contribution is -2.11. The minimum Gasteiger partial charge on any atom is -0.494 e. The lowest BCUT2D eigenvalue weighted by molar-refractivity contribution is 0.210. The van der Waals surface area contributed by atoms with E-state index in [1.165, 1.54) is 19.2 Å². The number of methoxy groups -OCH3 is 2. The van der Waals surface area contributed by atoms with Crippen molar-refractivity contribution in [2.24, 2.45) is 0 Å². The summed E-state index contributed by atoms with van der Waals surface area (Å²) in [6.45, 7) is 1.09. The number of nitrogens with one attached hydrogen (secondary N) is 1. The zero-order valence-electron chi connectivity index (χ0n) is 13.5. The van der Waals surface area contributed by atoms with E-state index in [1.54, 1.807) is 13.2 Å². The number of benzene rings is 2. The molecule has 0 fully saturated rings. The molecule has 24 heavy (non-hydrogen) atoms. The van der Waals surface area contributed by atoms with Crippen LogP contribution < -0.4 is 15.8 Å². The van der Waals surface area contributed by atoms with Crippen molar-refractivity contribution in [1.29, 1.82) is 0 Å². The molecule has 2 rings (SSSR count). The van der Waals surface area contributed by atoms with Crippen LogP contribution in [0.4, 0.5) is 20.2 Å². The molecule has 0 atom stereocenters. The third kappa shape index (κ3) is 4.36. The smallest absolute Gasteiger partial charge is 0.144 e. The Kier molecular flexibility index (Phi) is 6.39. The van der Waals surface area contributed by atoms with Gasteiger partial charge in [-0.15, -0.1) is 0 Å². The molecule has 0 aliphatic heterocycles. The summed E-state index contributed by atoms with van der Waals surface area (Å²) in [6.07, 6.45) is 0.314. The molecular weight excluding hydrogens is 382 g/mol. The van der Waals surface area contributed by atoms with Crippen molar-refractivity contribution in [1.82, 2.24) is 0 Å². The normalized spacial score (nSPS) is 10.7. The van der Waals surface area contributed by atoms with Crippen molar-refractivity contribution in [2.75, 3.05) is 38.4 Å². The monoisotopic (exact) mass is 400 g/mol. The molecule has 0 amide bonds. The van der Waals surface area contributed by atoms with Gasteiger partial charge in [0.1, 0.15) is 23.1 Å². The van der Waals surface area contributed by atoms with Crippen LogP contribution in [0.1, 0.15) is 11.1 Å². The van der Waals surface area contributed by atoms with E-state index in [1.807, 2.05) is 0 Å². The van der Waals surface area contributed by atoms with E-state index < -0.39 is 11.6 Å². The van der Waals surface area contributed by atoms with Crippen molar-refractivity contribution in [3.8, 4) is 5.75 Å². The molecule has 130 valence electrons. The highest BCUT2D eigenvalue weighted by atomic mass is 79.9. The van der Waals surface area contributed by atoms with Crippen LogP contribution in [0, 0.1) is 11.6 Å². The lowest BCUT2D eigenvalue weighted by Gasteiger charge is -2.18. The maximum atomic E-state index is 13.4. The molecule has 0 heterocycles. The van der Waals surface area contributed by atoms with E-state index in [0.29, 0.717) is 46.7 Å². The Morgan fingerprint density at radius 2 is 1.79 bits per heavy atom. The van der Waals surface area contributed by atoms with Gasteiger partial charge in [-0.2, -0.15) is 0 Å². The van der Waals surface area contributed by atoms with Crippen molar-refractivity contribution in [2.45, 2.75) is 6.42 Å². The first kappa shape index (κ1) is 18.5. The molecule has 7 heteroatoms. The van der Waals surface area contributed by atoms with Crippen molar-refractivity contribution in [3.63, 3.8) is 0 Å². The maximum absolute atomic E-state index is 13.4. The zero-order valence-corrected chi connectivity index (χ0v) is 15.0. The second-order valence-corrected chi connectivity index (χ2v) is 6.01. The van der Waals surface area contributed by atoms with E-state index >= 15 is 0 Å². The van der Waals surface area contributed by atoms with E-state index in [2.05, 4.69) is 21.2 Å². The van der Waals surface area contributed by atoms with Crippen LogP contribution >= 0.6 is 15.9 Å². The Morgan fingerprint density at radius 3 is 2.38 bits per heavy atom. The number of hydrogen-bond acceptors (Lipinski definition) is 4. The van der Waals surface area contributed by atoms with Crippen LogP contribution in [-0.4, -0.2) is 27.4 Å². The van der Waals surface area contributed by atoms with E-state index in [4.69, 9.17) is 15.2 Å². The molecule has 3 N–H and O–H groups in total. The minimum atomic E-state index is -0.612. The Hall–Kier alpha value is -1.86. The molecule has 0 aliphatic carbocycles. The van der Waals surface area contributed by atoms with Crippen LogP contribution in [0.3, 0.4) is 0 Å². The topological polar surface area (TPSA) is 56.5 Å². The molecule has 0 unspecified atom stereocenters. The summed E-state index contributed by atoms with van der Waals surface area (Å²) in [4.78, 5) is 0. The van der Waals surface area contributed by atoms with Gasteiger partial charge in [-0.05, 0) is 51.7 Å². The summed E-state index contributed by atoms with van der Waals surface area (Å²) in [5.41, 5.74) is 8.57. The Bertz CT molecular complexity index is 706. The van der Waals surface area contributed by atoms with Gasteiger partial charge in [0, 0.05) is 24.2 Å². The first-order chi connectivity index (χ1) is 11.5. The quantitative estimate of drug-likeness (QED) is 0.545. The molecule has 0 bridgehead atoms. The fourth-order valence-electron chi connectivity index (χ4n) is 2.39. The number of nitrogen functional groups attached to an aromatic ring is 1. The molecule has 0 aliphatic rings. The lowest BCUT2D eigenvalue weighted by atomic mass is 10.0. The first-order valence-electron chi connectivity index (χ1n) is 7.28. The predicted molar refractivity (Wildman–Crippen MR) is 94.6 cm³/mol. The number of nitrogens with two attached hydrogens (primary N) is 1. The second-order valence-electron chi connectivity index (χ2n) is 5.21. The van der Waals surface area contributed by atoms with E-state index in [9.17, 15) is 8.78 Å². The third-order valence-electron chi connectivity index (χ3n) is 3.48. The van der Waals surface area contributed by atoms with Gasteiger partial charge in [0.25, 0.3) is 0 Å². The van der Waals surface area contributed by atoms with Crippen LogP contribution in [0.5, 0.6) is 5.75 Å². The molecule has 0 aromatic heterocycles. The van der Waals surface area contributed by atoms with E-state index in [0.717, 1.165) is 11.6 Å². The largest absolute Gasteiger partial charge is 0.494 e. The molecule has 0 spiro atoms. The summed E-state index contributed by atoms with van der Waals surface area (Å²) < 4.78 is 37.8. The SMILES string of the molecule is COCCNc1c(OC)cc(Cc2cc(F)cc(F)c2)c(Br)c1N. The van der Waals surface area contributed by atoms with Gasteiger partial charge in [-0.3, -0.25) is 0 Å². The summed E-state index contributed by atoms with van der Waals surface area (Å²) >= 11 is 3.46. The van der Waals surface area contributed by atoms with Crippen LogP contribution in [-0.2, 0) is 11.2 Å². The van der Waals surface area contributed by atoms with Crippen molar-refractivity contribution < 1.29 is 18.3 Å². The molecule has 0 saturated heterocycles. The van der Waals surface area contributed by atoms with Crippen LogP contribution in [0.15, 0.2) is 28.7 Å². The van der Waals surface area contributed by atoms with Crippen molar-refractivity contribution in [3.05, 3.63) is 51.5 Å². The predicted octanol–water partition coefficient (Wildman–Crippen LogP) is 3.97. The molecule has 4 nitrogen and oxygen atoms in total. The number of rotatable bonds is 7. The average molecular weight is 401 g/mol. The minimum absolute atomic E-state index is 0.314. The van der Waals surface area contributed by atoms with Crippen LogP contribution in [0.25, 0.3) is 0 Å². The summed E-state index contributed by atoms with van der Waals surface area (Å²) in [5.74, 6) is -0.670. The standard InChI is InChI=1S/C17H19BrF2N2O2/c1-23-4-3-22-17-14(24-2)8-11(15(18)16(17)21)5-10-6-12(19)9-13(20)7-10/h6-9,22H,3-5,21H2,1-2H3. The average Bonchev–Trinajstić information content (AvgIpc) is 2.53. The maximum Gasteiger partial charge on any atom is 0.144 e. The summed E-state index contributed by atoms with van der Waals surface area (Å²) in [5, 5.41) is 3.16. The van der Waals surface area contributed by atoms with Crippen molar-refractivity contribution >= 4 is 27.3 Å². The molecular formula is C17H19BrF2N2O2. The Labute approximate surface area is 148 Å². The van der Waals surface area contributed by atoms with Crippen LogP contribution in [0.2, 0.25) is 0 Å². The summed E-state index contributed by atoms with van der Waals surface area (Å²) in [6, 6.07) is 5.22.